The summed E-state index contributed by atoms with van der Waals surface area (Å²) in [5, 5.41) is 12.5. The van der Waals surface area contributed by atoms with Crippen LogP contribution in [0.1, 0.15) is 18.1 Å². The zero-order valence-corrected chi connectivity index (χ0v) is 11.3. The highest BCUT2D eigenvalue weighted by atomic mass is 35.5. The van der Waals surface area contributed by atoms with Crippen LogP contribution in [0.15, 0.2) is 12.1 Å². The molecular weight excluding hydrogens is 252 g/mol. The van der Waals surface area contributed by atoms with Crippen LogP contribution in [-0.4, -0.2) is 18.1 Å². The van der Waals surface area contributed by atoms with Gasteiger partial charge in [0.25, 0.3) is 0 Å². The van der Waals surface area contributed by atoms with E-state index in [0.717, 1.165) is 11.4 Å². The number of anilines is 1. The summed E-state index contributed by atoms with van der Waals surface area (Å²) in [6, 6.07) is 5.79. The topological polar surface area (TPSA) is 35.8 Å². The number of hydrogen-bond donors (Lipinski definition) is 1. The van der Waals surface area contributed by atoms with Crippen molar-refractivity contribution in [2.75, 3.05) is 17.3 Å². The Kier molecular flexibility index (Phi) is 5.22. The van der Waals surface area contributed by atoms with E-state index in [2.05, 4.69) is 18.2 Å². The van der Waals surface area contributed by atoms with E-state index in [-0.39, 0.29) is 0 Å². The lowest BCUT2D eigenvalue weighted by atomic mass is 10.1. The molecule has 1 unspecified atom stereocenters. The Balaban J connectivity index is 3.07. The van der Waals surface area contributed by atoms with Crippen molar-refractivity contribution in [1.82, 2.24) is 0 Å². The van der Waals surface area contributed by atoms with E-state index in [1.165, 1.54) is 0 Å². The van der Waals surface area contributed by atoms with Gasteiger partial charge in [-0.2, -0.15) is 17.0 Å². The van der Waals surface area contributed by atoms with Gasteiger partial charge in [0.05, 0.1) is 21.8 Å². The Morgan fingerprint density at radius 3 is 2.82 bits per heavy atom. The number of terminal acetylenes is 1. The van der Waals surface area contributed by atoms with Crippen molar-refractivity contribution in [3.05, 3.63) is 28.3 Å². The van der Waals surface area contributed by atoms with E-state index in [1.54, 1.807) is 23.9 Å². The maximum Gasteiger partial charge on any atom is 0.101 e. The molecule has 0 aliphatic heterocycles. The molecule has 0 spiro atoms. The molecule has 17 heavy (non-hydrogen) atoms. The summed E-state index contributed by atoms with van der Waals surface area (Å²) in [6.07, 6.45) is 7.48. The first-order valence-electron chi connectivity index (χ1n) is 5.08. The van der Waals surface area contributed by atoms with Gasteiger partial charge < -0.3 is 5.32 Å². The molecule has 0 aliphatic rings. The maximum atomic E-state index is 8.87. The zero-order valence-electron chi connectivity index (χ0n) is 9.75. The minimum Gasteiger partial charge on any atom is -0.381 e. The largest absolute Gasteiger partial charge is 0.381 e. The molecule has 0 aliphatic carbocycles. The van der Waals surface area contributed by atoms with Gasteiger partial charge in [-0.1, -0.05) is 17.5 Å². The second kappa shape index (κ2) is 6.45. The Morgan fingerprint density at radius 2 is 2.29 bits per heavy atom. The van der Waals surface area contributed by atoms with Gasteiger partial charge >= 0.3 is 0 Å². The average Bonchev–Trinajstić information content (AvgIpc) is 2.30. The Bertz CT molecular complexity index is 485. The first-order chi connectivity index (χ1) is 8.13. The van der Waals surface area contributed by atoms with E-state index in [4.69, 9.17) is 23.3 Å². The fourth-order valence-corrected chi connectivity index (χ4v) is 2.33. The van der Waals surface area contributed by atoms with Crippen molar-refractivity contribution >= 4 is 29.1 Å². The second-order valence-corrected chi connectivity index (χ2v) is 4.90. The number of hydrogen-bond acceptors (Lipinski definition) is 3. The average molecular weight is 265 g/mol. The molecular formula is C13H13ClN2S. The molecule has 0 radical (unpaired) electrons. The lowest BCUT2D eigenvalue weighted by Gasteiger charge is -2.16. The van der Waals surface area contributed by atoms with Crippen LogP contribution in [0.5, 0.6) is 0 Å². The molecule has 1 rings (SSSR count). The van der Waals surface area contributed by atoms with Crippen LogP contribution < -0.4 is 5.32 Å². The van der Waals surface area contributed by atoms with Gasteiger partial charge in [-0.05, 0) is 25.3 Å². The van der Waals surface area contributed by atoms with Crippen LogP contribution in [0.2, 0.25) is 5.02 Å². The van der Waals surface area contributed by atoms with Gasteiger partial charge in [0, 0.05) is 11.8 Å². The number of nitriles is 1. The number of halogens is 1. The second-order valence-electron chi connectivity index (χ2n) is 3.61. The van der Waals surface area contributed by atoms with Gasteiger partial charge in [-0.15, -0.1) is 6.42 Å². The molecule has 0 bridgehead atoms. The van der Waals surface area contributed by atoms with E-state index in [1.807, 2.05) is 12.3 Å². The molecule has 1 N–H and O–H groups in total. The lowest BCUT2D eigenvalue weighted by molar-refractivity contribution is 0.914. The fraction of sp³-hybridized carbons (Fsp3) is 0.308. The quantitative estimate of drug-likeness (QED) is 0.847. The highest BCUT2D eigenvalue weighted by molar-refractivity contribution is 7.98. The van der Waals surface area contributed by atoms with Gasteiger partial charge in [0.1, 0.15) is 6.07 Å². The van der Waals surface area contributed by atoms with Gasteiger partial charge in [0.15, 0.2) is 0 Å². The third-order valence-corrected chi connectivity index (χ3v) is 3.45. The molecule has 0 heterocycles. The number of nitrogens with one attached hydrogen (secondary N) is 1. The predicted octanol–water partition coefficient (Wildman–Crippen LogP) is 3.36. The van der Waals surface area contributed by atoms with Crippen molar-refractivity contribution in [2.45, 2.75) is 13.0 Å². The van der Waals surface area contributed by atoms with Crippen molar-refractivity contribution in [1.29, 1.82) is 5.26 Å². The minimum atomic E-state index is 0.293. The summed E-state index contributed by atoms with van der Waals surface area (Å²) in [5.74, 6) is 3.51. The van der Waals surface area contributed by atoms with Crippen LogP contribution in [0.4, 0.5) is 5.69 Å². The molecule has 0 saturated carbocycles. The smallest absolute Gasteiger partial charge is 0.101 e. The van der Waals surface area contributed by atoms with E-state index >= 15 is 0 Å². The molecule has 1 aromatic rings. The Morgan fingerprint density at radius 1 is 1.59 bits per heavy atom. The summed E-state index contributed by atoms with van der Waals surface area (Å²) >= 11 is 7.82. The van der Waals surface area contributed by atoms with Crippen LogP contribution in [0, 0.1) is 23.7 Å². The Labute approximate surface area is 111 Å². The third kappa shape index (κ3) is 3.33. The van der Waals surface area contributed by atoms with Gasteiger partial charge in [0.2, 0.25) is 0 Å². The highest BCUT2D eigenvalue weighted by Crippen LogP contribution is 2.27. The zero-order chi connectivity index (χ0) is 12.8. The monoisotopic (exact) mass is 264 g/mol. The van der Waals surface area contributed by atoms with E-state index in [0.29, 0.717) is 22.2 Å². The normalized spacial score (nSPS) is 11.4. The fourth-order valence-electron chi connectivity index (χ4n) is 1.48. The maximum absolute atomic E-state index is 8.87. The van der Waals surface area contributed by atoms with Crippen molar-refractivity contribution in [3.8, 4) is 18.4 Å². The minimum absolute atomic E-state index is 0.293. The van der Waals surface area contributed by atoms with Crippen LogP contribution >= 0.6 is 23.4 Å². The highest BCUT2D eigenvalue weighted by Gasteiger charge is 2.11. The Hall–Kier alpha value is -1.29. The summed E-state index contributed by atoms with van der Waals surface area (Å²) in [5.41, 5.74) is 1.76. The molecule has 1 atom stereocenters. The molecule has 0 amide bonds. The molecule has 1 aromatic carbocycles. The van der Waals surface area contributed by atoms with Crippen molar-refractivity contribution in [3.63, 3.8) is 0 Å². The van der Waals surface area contributed by atoms with Gasteiger partial charge in [-0.25, -0.2) is 0 Å². The standard InChI is InChI=1S/C13H13ClN2S/c1-4-11-12(16-9(2)8-17-3)6-5-10(7-15)13(11)14/h1,5-6,9,16H,8H2,2-3H3. The molecule has 0 aromatic heterocycles. The lowest BCUT2D eigenvalue weighted by Crippen LogP contribution is -2.18. The van der Waals surface area contributed by atoms with Crippen molar-refractivity contribution in [2.24, 2.45) is 0 Å². The number of benzene rings is 1. The van der Waals surface area contributed by atoms with E-state index < -0.39 is 0 Å². The third-order valence-electron chi connectivity index (χ3n) is 2.23. The van der Waals surface area contributed by atoms with E-state index in [9.17, 15) is 0 Å². The first-order valence-corrected chi connectivity index (χ1v) is 6.85. The van der Waals surface area contributed by atoms with Crippen LogP contribution in [0.3, 0.4) is 0 Å². The molecule has 88 valence electrons. The molecule has 0 fully saturated rings. The predicted molar refractivity (Wildman–Crippen MR) is 75.6 cm³/mol. The summed E-state index contributed by atoms with van der Waals surface area (Å²) in [6.45, 7) is 2.07. The van der Waals surface area contributed by atoms with Crippen LogP contribution in [0.25, 0.3) is 0 Å². The van der Waals surface area contributed by atoms with Gasteiger partial charge in [-0.3, -0.25) is 0 Å². The number of rotatable bonds is 4. The first kappa shape index (κ1) is 13.8. The SMILES string of the molecule is C#Cc1c(NC(C)CSC)ccc(C#N)c1Cl. The molecule has 2 nitrogen and oxygen atoms in total. The summed E-state index contributed by atoms with van der Waals surface area (Å²) in [4.78, 5) is 0. The summed E-state index contributed by atoms with van der Waals surface area (Å²) < 4.78 is 0. The molecule has 0 saturated heterocycles. The number of thioether (sulfide) groups is 1. The molecule has 4 heteroatoms. The summed E-state index contributed by atoms with van der Waals surface area (Å²) in [7, 11) is 0. The van der Waals surface area contributed by atoms with Crippen LogP contribution in [-0.2, 0) is 0 Å². The number of nitrogens with zero attached hydrogens (tertiary/aromatic N) is 1. The van der Waals surface area contributed by atoms with Crippen molar-refractivity contribution < 1.29 is 0 Å².